The lowest BCUT2D eigenvalue weighted by molar-refractivity contribution is 0.196. The van der Waals surface area contributed by atoms with Crippen molar-refractivity contribution in [3.8, 4) is 16.6 Å². The van der Waals surface area contributed by atoms with E-state index >= 15 is 0 Å². The number of ether oxygens (including phenoxy) is 1. The predicted molar refractivity (Wildman–Crippen MR) is 89.5 cm³/mol. The van der Waals surface area contributed by atoms with Crippen LogP contribution in [-0.4, -0.2) is 33.3 Å². The summed E-state index contributed by atoms with van der Waals surface area (Å²) in [5, 5.41) is 12.9. The van der Waals surface area contributed by atoms with Crippen molar-refractivity contribution < 1.29 is 9.84 Å². The summed E-state index contributed by atoms with van der Waals surface area (Å²) in [6.45, 7) is 0.894. The molecule has 3 heterocycles. The Hall–Kier alpha value is -2.51. The van der Waals surface area contributed by atoms with Gasteiger partial charge in [-0.15, -0.1) is 11.3 Å². The standard InChI is InChI=1S/C16H16N4O2S/c21-7-8-22-15-5-4-12(9-19-15)18-10-13-11-20-16(23-13)14-3-1-2-6-17-14/h1-6,9,11,18,21H,7-8,10H2. The number of rotatable bonds is 7. The maximum Gasteiger partial charge on any atom is 0.213 e. The summed E-state index contributed by atoms with van der Waals surface area (Å²) in [4.78, 5) is 14.0. The molecule has 0 aliphatic carbocycles. The fraction of sp³-hybridized carbons (Fsp3) is 0.188. The Morgan fingerprint density at radius 1 is 1.09 bits per heavy atom. The molecule has 0 fully saturated rings. The van der Waals surface area contributed by atoms with E-state index < -0.39 is 0 Å². The molecule has 0 spiro atoms. The summed E-state index contributed by atoms with van der Waals surface area (Å²) in [6, 6.07) is 9.45. The Kier molecular flexibility index (Phi) is 5.13. The molecule has 0 atom stereocenters. The van der Waals surface area contributed by atoms with Crippen molar-refractivity contribution in [3.63, 3.8) is 0 Å². The number of nitrogens with one attached hydrogen (secondary N) is 1. The van der Waals surface area contributed by atoms with E-state index in [4.69, 9.17) is 9.84 Å². The van der Waals surface area contributed by atoms with Crippen molar-refractivity contribution in [1.82, 2.24) is 15.0 Å². The lowest BCUT2D eigenvalue weighted by atomic mass is 10.4. The number of anilines is 1. The molecule has 7 heteroatoms. The van der Waals surface area contributed by atoms with E-state index in [9.17, 15) is 0 Å². The minimum Gasteiger partial charge on any atom is -0.475 e. The molecular formula is C16H16N4O2S. The number of aliphatic hydroxyl groups excluding tert-OH is 1. The first-order valence-corrected chi connectivity index (χ1v) is 7.96. The van der Waals surface area contributed by atoms with E-state index in [1.807, 2.05) is 30.5 Å². The largest absolute Gasteiger partial charge is 0.475 e. The van der Waals surface area contributed by atoms with Gasteiger partial charge in [0.1, 0.15) is 11.6 Å². The molecule has 0 aliphatic rings. The number of hydrogen-bond donors (Lipinski definition) is 2. The zero-order chi connectivity index (χ0) is 15.9. The summed E-state index contributed by atoms with van der Waals surface area (Å²) in [7, 11) is 0. The van der Waals surface area contributed by atoms with Crippen LogP contribution in [0.2, 0.25) is 0 Å². The monoisotopic (exact) mass is 328 g/mol. The molecular weight excluding hydrogens is 312 g/mol. The van der Waals surface area contributed by atoms with E-state index in [2.05, 4.69) is 20.3 Å². The van der Waals surface area contributed by atoms with Gasteiger partial charge in [-0.25, -0.2) is 9.97 Å². The number of nitrogens with zero attached hydrogens (tertiary/aromatic N) is 3. The summed E-state index contributed by atoms with van der Waals surface area (Å²) in [5.74, 6) is 0.500. The highest BCUT2D eigenvalue weighted by molar-refractivity contribution is 7.15. The van der Waals surface area contributed by atoms with Gasteiger partial charge in [-0.2, -0.15) is 0 Å². The molecule has 0 radical (unpaired) electrons. The summed E-state index contributed by atoms with van der Waals surface area (Å²) < 4.78 is 5.22. The van der Waals surface area contributed by atoms with Gasteiger partial charge in [-0.3, -0.25) is 4.98 Å². The molecule has 3 rings (SSSR count). The van der Waals surface area contributed by atoms with Crippen LogP contribution >= 0.6 is 11.3 Å². The van der Waals surface area contributed by atoms with Crippen LogP contribution < -0.4 is 10.1 Å². The van der Waals surface area contributed by atoms with Crippen LogP contribution in [0.5, 0.6) is 5.88 Å². The summed E-state index contributed by atoms with van der Waals surface area (Å²) >= 11 is 1.61. The molecule has 2 N–H and O–H groups in total. The maximum absolute atomic E-state index is 8.70. The van der Waals surface area contributed by atoms with Crippen LogP contribution in [0.3, 0.4) is 0 Å². The third kappa shape index (κ3) is 4.24. The number of aromatic nitrogens is 3. The Morgan fingerprint density at radius 2 is 2.04 bits per heavy atom. The van der Waals surface area contributed by atoms with Crippen molar-refractivity contribution in [3.05, 3.63) is 53.8 Å². The smallest absolute Gasteiger partial charge is 0.213 e. The second kappa shape index (κ2) is 7.66. The van der Waals surface area contributed by atoms with Gasteiger partial charge in [-0.05, 0) is 18.2 Å². The van der Waals surface area contributed by atoms with Crippen molar-refractivity contribution in [2.75, 3.05) is 18.5 Å². The van der Waals surface area contributed by atoms with Crippen LogP contribution in [0.15, 0.2) is 48.9 Å². The zero-order valence-electron chi connectivity index (χ0n) is 12.3. The van der Waals surface area contributed by atoms with Crippen LogP contribution in [-0.2, 0) is 6.54 Å². The number of aliphatic hydroxyl groups is 1. The van der Waals surface area contributed by atoms with Crippen molar-refractivity contribution in [2.24, 2.45) is 0 Å². The van der Waals surface area contributed by atoms with Crippen molar-refractivity contribution >= 4 is 17.0 Å². The van der Waals surface area contributed by atoms with Gasteiger partial charge in [0.25, 0.3) is 0 Å². The Morgan fingerprint density at radius 3 is 2.78 bits per heavy atom. The number of thiazole rings is 1. The summed E-state index contributed by atoms with van der Waals surface area (Å²) in [5.41, 5.74) is 1.78. The summed E-state index contributed by atoms with van der Waals surface area (Å²) in [6.07, 6.45) is 5.32. The van der Waals surface area contributed by atoms with E-state index in [-0.39, 0.29) is 13.2 Å². The third-order valence-electron chi connectivity index (χ3n) is 2.98. The lowest BCUT2D eigenvalue weighted by Crippen LogP contribution is -2.03. The van der Waals surface area contributed by atoms with E-state index in [1.165, 1.54) is 0 Å². The normalized spacial score (nSPS) is 10.5. The fourth-order valence-electron chi connectivity index (χ4n) is 1.91. The second-order valence-corrected chi connectivity index (χ2v) is 5.77. The molecule has 0 amide bonds. The molecule has 0 bridgehead atoms. The topological polar surface area (TPSA) is 80.2 Å². The van der Waals surface area contributed by atoms with E-state index in [1.54, 1.807) is 29.8 Å². The van der Waals surface area contributed by atoms with Crippen LogP contribution in [0.25, 0.3) is 10.7 Å². The first-order chi connectivity index (χ1) is 11.3. The highest BCUT2D eigenvalue weighted by Gasteiger charge is 2.05. The lowest BCUT2D eigenvalue weighted by Gasteiger charge is -2.06. The van der Waals surface area contributed by atoms with Gasteiger partial charge in [0, 0.05) is 23.3 Å². The van der Waals surface area contributed by atoms with Crippen LogP contribution in [0, 0.1) is 0 Å². The highest BCUT2D eigenvalue weighted by Crippen LogP contribution is 2.23. The van der Waals surface area contributed by atoms with Gasteiger partial charge in [0.2, 0.25) is 5.88 Å². The van der Waals surface area contributed by atoms with Gasteiger partial charge in [-0.1, -0.05) is 6.07 Å². The molecule has 0 aromatic carbocycles. The second-order valence-electron chi connectivity index (χ2n) is 4.66. The molecule has 0 saturated carbocycles. The SMILES string of the molecule is OCCOc1ccc(NCc2cnc(-c3ccccn3)s2)cn1. The number of hydrogen-bond acceptors (Lipinski definition) is 7. The van der Waals surface area contributed by atoms with Gasteiger partial charge >= 0.3 is 0 Å². The highest BCUT2D eigenvalue weighted by atomic mass is 32.1. The Bertz CT molecular complexity index is 731. The van der Waals surface area contributed by atoms with Gasteiger partial charge in [0.05, 0.1) is 30.7 Å². The molecule has 3 aromatic rings. The van der Waals surface area contributed by atoms with Crippen molar-refractivity contribution in [1.29, 1.82) is 0 Å². The average Bonchev–Trinajstić information content (AvgIpc) is 3.09. The molecule has 0 saturated heterocycles. The molecule has 0 unspecified atom stereocenters. The zero-order valence-corrected chi connectivity index (χ0v) is 13.2. The predicted octanol–water partition coefficient (Wildman–Crippen LogP) is 2.58. The van der Waals surface area contributed by atoms with E-state index in [0.29, 0.717) is 12.4 Å². The van der Waals surface area contributed by atoms with Crippen LogP contribution in [0.4, 0.5) is 5.69 Å². The molecule has 6 nitrogen and oxygen atoms in total. The first-order valence-electron chi connectivity index (χ1n) is 7.15. The quantitative estimate of drug-likeness (QED) is 0.694. The fourth-order valence-corrected chi connectivity index (χ4v) is 2.74. The first kappa shape index (κ1) is 15.4. The molecule has 0 aliphatic heterocycles. The average molecular weight is 328 g/mol. The third-order valence-corrected chi connectivity index (χ3v) is 4.00. The van der Waals surface area contributed by atoms with Crippen LogP contribution in [0.1, 0.15) is 4.88 Å². The van der Waals surface area contributed by atoms with Gasteiger partial charge < -0.3 is 15.2 Å². The Balaban J connectivity index is 1.57. The van der Waals surface area contributed by atoms with E-state index in [0.717, 1.165) is 21.3 Å². The number of pyridine rings is 2. The molecule has 23 heavy (non-hydrogen) atoms. The minimum atomic E-state index is -0.0222. The van der Waals surface area contributed by atoms with Gasteiger partial charge in [0.15, 0.2) is 0 Å². The van der Waals surface area contributed by atoms with Crippen molar-refractivity contribution in [2.45, 2.75) is 6.54 Å². The maximum atomic E-state index is 8.70. The molecule has 3 aromatic heterocycles. The molecule has 118 valence electrons. The Labute approximate surface area is 137 Å². The minimum absolute atomic E-state index is 0.0222.